The lowest BCUT2D eigenvalue weighted by atomic mass is 9.78. The van der Waals surface area contributed by atoms with Gasteiger partial charge in [-0.3, -0.25) is 9.59 Å². The van der Waals surface area contributed by atoms with Crippen molar-refractivity contribution >= 4 is 11.9 Å². The van der Waals surface area contributed by atoms with Crippen molar-refractivity contribution in [2.75, 3.05) is 26.3 Å². The molecule has 21 heavy (non-hydrogen) atoms. The van der Waals surface area contributed by atoms with E-state index in [-0.39, 0.29) is 11.8 Å². The van der Waals surface area contributed by atoms with Gasteiger partial charge in [0.25, 0.3) is 0 Å². The molecule has 3 aliphatic rings. The Morgan fingerprint density at radius 3 is 2.14 bits per heavy atom. The lowest BCUT2D eigenvalue weighted by molar-refractivity contribution is -0.189. The lowest BCUT2D eigenvalue weighted by Gasteiger charge is -2.40. The molecule has 0 radical (unpaired) electrons. The predicted molar refractivity (Wildman–Crippen MR) is 73.5 cm³/mol. The number of carbonyl (C=O) groups excluding carboxylic acids is 1. The maximum atomic E-state index is 12.7. The number of likely N-dealkylation sites (tertiary alicyclic amines) is 1. The highest BCUT2D eigenvalue weighted by Gasteiger charge is 2.43. The molecule has 2 atom stereocenters. The van der Waals surface area contributed by atoms with Crippen LogP contribution in [0.1, 0.15) is 38.5 Å². The van der Waals surface area contributed by atoms with Gasteiger partial charge in [-0.2, -0.15) is 0 Å². The summed E-state index contributed by atoms with van der Waals surface area (Å²) in [7, 11) is 0. The van der Waals surface area contributed by atoms with Gasteiger partial charge in [0.05, 0.1) is 25.0 Å². The van der Waals surface area contributed by atoms with E-state index < -0.39 is 17.7 Å². The summed E-state index contributed by atoms with van der Waals surface area (Å²) >= 11 is 0. The van der Waals surface area contributed by atoms with Gasteiger partial charge in [-0.15, -0.1) is 0 Å². The van der Waals surface area contributed by atoms with E-state index in [9.17, 15) is 14.7 Å². The number of carbonyl (C=O) groups is 2. The molecule has 6 heteroatoms. The van der Waals surface area contributed by atoms with Gasteiger partial charge < -0.3 is 19.5 Å². The average molecular weight is 297 g/mol. The molecule has 3 fully saturated rings. The second kappa shape index (κ2) is 5.93. The summed E-state index contributed by atoms with van der Waals surface area (Å²) in [6, 6.07) is 0. The first-order valence-corrected chi connectivity index (χ1v) is 7.91. The van der Waals surface area contributed by atoms with E-state index in [4.69, 9.17) is 9.47 Å². The van der Waals surface area contributed by atoms with E-state index in [1.807, 2.05) is 4.90 Å². The number of piperidine rings is 1. The van der Waals surface area contributed by atoms with Crippen molar-refractivity contribution in [1.82, 2.24) is 4.90 Å². The number of ether oxygens (including phenoxy) is 2. The Morgan fingerprint density at radius 1 is 1.00 bits per heavy atom. The maximum absolute atomic E-state index is 12.7. The van der Waals surface area contributed by atoms with Crippen molar-refractivity contribution in [3.63, 3.8) is 0 Å². The molecule has 2 aliphatic heterocycles. The largest absolute Gasteiger partial charge is 0.481 e. The number of carboxylic acids is 1. The Labute approximate surface area is 124 Å². The van der Waals surface area contributed by atoms with Gasteiger partial charge in [-0.25, -0.2) is 0 Å². The van der Waals surface area contributed by atoms with Gasteiger partial charge in [-0.1, -0.05) is 12.8 Å². The van der Waals surface area contributed by atoms with Gasteiger partial charge in [0, 0.05) is 25.9 Å². The summed E-state index contributed by atoms with van der Waals surface area (Å²) in [6.45, 7) is 2.44. The molecule has 0 aromatic heterocycles. The highest BCUT2D eigenvalue weighted by Crippen LogP contribution is 2.35. The molecule has 118 valence electrons. The van der Waals surface area contributed by atoms with Gasteiger partial charge >= 0.3 is 5.97 Å². The summed E-state index contributed by atoms with van der Waals surface area (Å²) in [6.07, 6.45) is 4.54. The van der Waals surface area contributed by atoms with Gasteiger partial charge in [0.1, 0.15) is 0 Å². The SMILES string of the molecule is O=C(O)C1CCCCC1C(=O)N1CCC2(CC1)OCCO2. The maximum Gasteiger partial charge on any atom is 0.307 e. The number of aliphatic carboxylic acids is 1. The minimum Gasteiger partial charge on any atom is -0.481 e. The van der Waals surface area contributed by atoms with Crippen LogP contribution >= 0.6 is 0 Å². The third kappa shape index (κ3) is 2.92. The van der Waals surface area contributed by atoms with Crippen molar-refractivity contribution in [2.45, 2.75) is 44.3 Å². The van der Waals surface area contributed by atoms with Crippen LogP contribution in [0.3, 0.4) is 0 Å². The third-order valence-corrected chi connectivity index (χ3v) is 5.05. The summed E-state index contributed by atoms with van der Waals surface area (Å²) in [5, 5.41) is 9.31. The molecule has 1 spiro atoms. The van der Waals surface area contributed by atoms with Crippen molar-refractivity contribution in [3.05, 3.63) is 0 Å². The fourth-order valence-corrected chi connectivity index (χ4v) is 3.81. The molecule has 0 bridgehead atoms. The number of carboxylic acid groups (broad SMARTS) is 1. The zero-order valence-electron chi connectivity index (χ0n) is 12.3. The van der Waals surface area contributed by atoms with Crippen molar-refractivity contribution < 1.29 is 24.2 Å². The number of amides is 1. The van der Waals surface area contributed by atoms with Crippen LogP contribution in [0.15, 0.2) is 0 Å². The van der Waals surface area contributed by atoms with E-state index in [1.165, 1.54) is 0 Å². The first kappa shape index (κ1) is 14.8. The number of hydrogen-bond donors (Lipinski definition) is 1. The van der Waals surface area contributed by atoms with Crippen LogP contribution in [-0.4, -0.2) is 54.0 Å². The first-order chi connectivity index (χ1) is 10.1. The Balaban J connectivity index is 1.61. The molecule has 1 N–H and O–H groups in total. The van der Waals surface area contributed by atoms with Gasteiger partial charge in [0.15, 0.2) is 5.79 Å². The molecule has 2 heterocycles. The summed E-state index contributed by atoms with van der Waals surface area (Å²) in [5.41, 5.74) is 0. The van der Waals surface area contributed by atoms with Crippen molar-refractivity contribution in [2.24, 2.45) is 11.8 Å². The minimum atomic E-state index is -0.830. The van der Waals surface area contributed by atoms with Crippen molar-refractivity contribution in [1.29, 1.82) is 0 Å². The van der Waals surface area contributed by atoms with Crippen LogP contribution in [0, 0.1) is 11.8 Å². The smallest absolute Gasteiger partial charge is 0.307 e. The topological polar surface area (TPSA) is 76.1 Å². The van der Waals surface area contributed by atoms with Crippen LogP contribution in [0.5, 0.6) is 0 Å². The average Bonchev–Trinajstić information content (AvgIpc) is 2.95. The fraction of sp³-hybridized carbons (Fsp3) is 0.867. The Kier molecular flexibility index (Phi) is 4.17. The molecule has 0 aromatic rings. The number of nitrogens with zero attached hydrogens (tertiary/aromatic N) is 1. The van der Waals surface area contributed by atoms with E-state index >= 15 is 0 Å². The molecule has 2 saturated heterocycles. The molecule has 1 amide bonds. The second-order valence-electron chi connectivity index (χ2n) is 6.27. The first-order valence-electron chi connectivity index (χ1n) is 7.91. The molecule has 2 unspecified atom stereocenters. The fourth-order valence-electron chi connectivity index (χ4n) is 3.81. The highest BCUT2D eigenvalue weighted by molar-refractivity contribution is 5.85. The lowest BCUT2D eigenvalue weighted by Crippen LogP contribution is -2.50. The van der Waals surface area contributed by atoms with Crippen molar-refractivity contribution in [3.8, 4) is 0 Å². The van der Waals surface area contributed by atoms with Crippen LogP contribution in [0.4, 0.5) is 0 Å². The third-order valence-electron chi connectivity index (χ3n) is 5.05. The van der Waals surface area contributed by atoms with Crippen LogP contribution in [0.2, 0.25) is 0 Å². The molecule has 1 saturated carbocycles. The van der Waals surface area contributed by atoms with E-state index in [0.29, 0.717) is 52.0 Å². The second-order valence-corrected chi connectivity index (χ2v) is 6.27. The zero-order valence-corrected chi connectivity index (χ0v) is 12.3. The molecule has 3 rings (SSSR count). The van der Waals surface area contributed by atoms with E-state index in [0.717, 1.165) is 12.8 Å². The highest BCUT2D eigenvalue weighted by atomic mass is 16.7. The van der Waals surface area contributed by atoms with E-state index in [1.54, 1.807) is 0 Å². The minimum absolute atomic E-state index is 0.00921. The standard InChI is InChI=1S/C15H23NO5/c17-13(11-3-1-2-4-12(11)14(18)19)16-7-5-15(6-8-16)20-9-10-21-15/h11-12H,1-10H2,(H,18,19). The quantitative estimate of drug-likeness (QED) is 0.830. The van der Waals surface area contributed by atoms with Crippen LogP contribution < -0.4 is 0 Å². The Hall–Kier alpha value is -1.14. The Bertz CT molecular complexity index is 408. The van der Waals surface area contributed by atoms with E-state index in [2.05, 4.69) is 0 Å². The molecular formula is C15H23NO5. The zero-order chi connectivity index (χ0) is 14.9. The molecule has 0 aromatic carbocycles. The normalized spacial score (nSPS) is 32.3. The van der Waals surface area contributed by atoms with Crippen LogP contribution in [-0.2, 0) is 19.1 Å². The van der Waals surface area contributed by atoms with Gasteiger partial charge in [0.2, 0.25) is 5.91 Å². The Morgan fingerprint density at radius 2 is 1.57 bits per heavy atom. The number of hydrogen-bond acceptors (Lipinski definition) is 4. The predicted octanol–water partition coefficient (Wildman–Crippen LogP) is 1.24. The molecular weight excluding hydrogens is 274 g/mol. The molecule has 1 aliphatic carbocycles. The summed E-state index contributed by atoms with van der Waals surface area (Å²) in [5.74, 6) is -2.18. The van der Waals surface area contributed by atoms with Crippen LogP contribution in [0.25, 0.3) is 0 Å². The number of rotatable bonds is 2. The summed E-state index contributed by atoms with van der Waals surface area (Å²) in [4.78, 5) is 25.8. The monoisotopic (exact) mass is 297 g/mol. The molecule has 6 nitrogen and oxygen atoms in total. The summed E-state index contributed by atoms with van der Waals surface area (Å²) < 4.78 is 11.3. The van der Waals surface area contributed by atoms with Gasteiger partial charge in [-0.05, 0) is 12.8 Å².